The minimum absolute atomic E-state index is 0.232. The second kappa shape index (κ2) is 5.01. The van der Waals surface area contributed by atoms with E-state index in [1.54, 1.807) is 24.4 Å². The summed E-state index contributed by atoms with van der Waals surface area (Å²) in [7, 11) is 0. The average molecular weight is 297 g/mol. The lowest BCUT2D eigenvalue weighted by Gasteiger charge is -2.06. The maximum Gasteiger partial charge on any atom is 0.336 e. The molecular formula is C11H9BrN2O3. The molecule has 0 aliphatic carbocycles. The fraction of sp³-hybridized carbons (Fsp3) is 0.0909. The van der Waals surface area contributed by atoms with Crippen LogP contribution < -0.4 is 5.32 Å². The monoisotopic (exact) mass is 296 g/mol. The average Bonchev–Trinajstić information content (AvgIpc) is 2.78. The number of anilines is 1. The SMILES string of the molecule is O=C(O)c1ccc(NCc2ccno2)cc1Br. The number of hydrogen-bond acceptors (Lipinski definition) is 4. The normalized spacial score (nSPS) is 10.2. The summed E-state index contributed by atoms with van der Waals surface area (Å²) < 4.78 is 5.46. The van der Waals surface area contributed by atoms with E-state index in [1.807, 2.05) is 0 Å². The fourth-order valence-corrected chi connectivity index (χ4v) is 1.87. The van der Waals surface area contributed by atoms with Crippen molar-refractivity contribution < 1.29 is 14.4 Å². The van der Waals surface area contributed by atoms with E-state index < -0.39 is 5.97 Å². The van der Waals surface area contributed by atoms with Crippen molar-refractivity contribution in [3.05, 3.63) is 46.3 Å². The maximum atomic E-state index is 10.8. The van der Waals surface area contributed by atoms with Crippen LogP contribution in [0.15, 0.2) is 39.5 Å². The van der Waals surface area contributed by atoms with Gasteiger partial charge in [-0.3, -0.25) is 0 Å². The van der Waals surface area contributed by atoms with E-state index in [0.717, 1.165) is 5.69 Å². The third kappa shape index (κ3) is 2.85. The number of benzene rings is 1. The van der Waals surface area contributed by atoms with Gasteiger partial charge in [-0.05, 0) is 34.1 Å². The molecule has 6 heteroatoms. The van der Waals surface area contributed by atoms with Crippen LogP contribution in [-0.4, -0.2) is 16.2 Å². The van der Waals surface area contributed by atoms with Gasteiger partial charge >= 0.3 is 5.97 Å². The fourth-order valence-electron chi connectivity index (χ4n) is 1.32. The first-order valence-electron chi connectivity index (χ1n) is 4.83. The van der Waals surface area contributed by atoms with Gasteiger partial charge in [-0.25, -0.2) is 4.79 Å². The summed E-state index contributed by atoms with van der Waals surface area (Å²) in [6, 6.07) is 6.70. The Balaban J connectivity index is 2.07. The van der Waals surface area contributed by atoms with Gasteiger partial charge in [0.2, 0.25) is 0 Å². The first-order valence-corrected chi connectivity index (χ1v) is 5.62. The molecule has 0 bridgehead atoms. The van der Waals surface area contributed by atoms with Gasteiger partial charge < -0.3 is 14.9 Å². The molecule has 1 aromatic heterocycles. The summed E-state index contributed by atoms with van der Waals surface area (Å²) in [5.41, 5.74) is 1.04. The van der Waals surface area contributed by atoms with Gasteiger partial charge in [0, 0.05) is 16.2 Å². The van der Waals surface area contributed by atoms with Gasteiger partial charge in [0.05, 0.1) is 18.3 Å². The van der Waals surface area contributed by atoms with Crippen molar-refractivity contribution in [2.45, 2.75) is 6.54 Å². The van der Waals surface area contributed by atoms with Gasteiger partial charge in [-0.15, -0.1) is 0 Å². The van der Waals surface area contributed by atoms with Crippen LogP contribution in [0.2, 0.25) is 0 Å². The van der Waals surface area contributed by atoms with Gasteiger partial charge in [-0.1, -0.05) is 5.16 Å². The molecule has 0 saturated heterocycles. The van der Waals surface area contributed by atoms with Crippen molar-refractivity contribution in [3.63, 3.8) is 0 Å². The molecule has 0 aliphatic heterocycles. The zero-order valence-electron chi connectivity index (χ0n) is 8.68. The summed E-state index contributed by atoms with van der Waals surface area (Å²) in [6.07, 6.45) is 1.57. The quantitative estimate of drug-likeness (QED) is 0.907. The predicted molar refractivity (Wildman–Crippen MR) is 64.9 cm³/mol. The number of nitrogens with zero attached hydrogens (tertiary/aromatic N) is 1. The van der Waals surface area contributed by atoms with Crippen LogP contribution >= 0.6 is 15.9 Å². The molecule has 17 heavy (non-hydrogen) atoms. The van der Waals surface area contributed by atoms with Crippen molar-refractivity contribution in [2.75, 3.05) is 5.32 Å². The number of carbonyl (C=O) groups is 1. The standard InChI is InChI=1S/C11H9BrN2O3/c12-10-5-7(1-2-9(10)11(15)16)13-6-8-3-4-14-17-8/h1-5,13H,6H2,(H,15,16). The summed E-state index contributed by atoms with van der Waals surface area (Å²) >= 11 is 3.21. The Morgan fingerprint density at radius 1 is 1.47 bits per heavy atom. The second-order valence-corrected chi connectivity index (χ2v) is 4.19. The Hall–Kier alpha value is -1.82. The van der Waals surface area contributed by atoms with E-state index in [2.05, 4.69) is 26.4 Å². The molecule has 0 aliphatic rings. The summed E-state index contributed by atoms with van der Waals surface area (Å²) in [5, 5.41) is 15.5. The van der Waals surface area contributed by atoms with E-state index in [1.165, 1.54) is 6.07 Å². The molecule has 0 spiro atoms. The summed E-state index contributed by atoms with van der Waals surface area (Å²) in [6.45, 7) is 0.499. The number of aromatic carboxylic acids is 1. The van der Waals surface area contributed by atoms with Crippen LogP contribution in [-0.2, 0) is 6.54 Å². The molecule has 88 valence electrons. The highest BCUT2D eigenvalue weighted by atomic mass is 79.9. The van der Waals surface area contributed by atoms with Crippen LogP contribution in [0.4, 0.5) is 5.69 Å². The summed E-state index contributed by atoms with van der Waals surface area (Å²) in [4.78, 5) is 10.8. The molecule has 2 rings (SSSR count). The molecule has 0 fully saturated rings. The zero-order valence-corrected chi connectivity index (χ0v) is 10.3. The summed E-state index contributed by atoms with van der Waals surface area (Å²) in [5.74, 6) is -0.248. The van der Waals surface area contributed by atoms with Crippen molar-refractivity contribution in [1.82, 2.24) is 5.16 Å². The van der Waals surface area contributed by atoms with Crippen LogP contribution in [0, 0.1) is 0 Å². The number of aromatic nitrogens is 1. The molecule has 5 nitrogen and oxygen atoms in total. The van der Waals surface area contributed by atoms with Crippen LogP contribution in [0.25, 0.3) is 0 Å². The zero-order chi connectivity index (χ0) is 12.3. The largest absolute Gasteiger partial charge is 0.478 e. The van der Waals surface area contributed by atoms with Gasteiger partial charge in [0.15, 0.2) is 5.76 Å². The Kier molecular flexibility index (Phi) is 3.43. The number of hydrogen-bond donors (Lipinski definition) is 2. The number of carboxylic acid groups (broad SMARTS) is 1. The smallest absolute Gasteiger partial charge is 0.336 e. The minimum Gasteiger partial charge on any atom is -0.478 e. The third-order valence-electron chi connectivity index (χ3n) is 2.16. The first-order chi connectivity index (χ1) is 8.16. The topological polar surface area (TPSA) is 75.4 Å². The third-order valence-corrected chi connectivity index (χ3v) is 2.81. The minimum atomic E-state index is -0.960. The molecular weight excluding hydrogens is 288 g/mol. The molecule has 1 aromatic carbocycles. The molecule has 2 N–H and O–H groups in total. The van der Waals surface area contributed by atoms with Crippen LogP contribution in [0.1, 0.15) is 16.1 Å². The van der Waals surface area contributed by atoms with Gasteiger partial charge in [-0.2, -0.15) is 0 Å². The number of carboxylic acids is 1. The maximum absolute atomic E-state index is 10.8. The van der Waals surface area contributed by atoms with E-state index in [-0.39, 0.29) is 5.56 Å². The highest BCUT2D eigenvalue weighted by Crippen LogP contribution is 2.22. The molecule has 0 unspecified atom stereocenters. The van der Waals surface area contributed by atoms with Crippen LogP contribution in [0.3, 0.4) is 0 Å². The van der Waals surface area contributed by atoms with E-state index in [9.17, 15) is 4.79 Å². The number of halogens is 1. The van der Waals surface area contributed by atoms with Gasteiger partial charge in [0.25, 0.3) is 0 Å². The Bertz CT molecular complexity index is 526. The molecule has 2 aromatic rings. The van der Waals surface area contributed by atoms with Crippen molar-refractivity contribution in [2.24, 2.45) is 0 Å². The Morgan fingerprint density at radius 3 is 2.88 bits per heavy atom. The Labute approximate surface area is 106 Å². The molecule has 0 saturated carbocycles. The molecule has 0 amide bonds. The van der Waals surface area contributed by atoms with E-state index in [0.29, 0.717) is 16.8 Å². The van der Waals surface area contributed by atoms with E-state index >= 15 is 0 Å². The lowest BCUT2D eigenvalue weighted by Crippen LogP contribution is -2.01. The second-order valence-electron chi connectivity index (χ2n) is 3.33. The van der Waals surface area contributed by atoms with Crippen molar-refractivity contribution >= 4 is 27.6 Å². The van der Waals surface area contributed by atoms with Crippen molar-refractivity contribution in [1.29, 1.82) is 0 Å². The first kappa shape index (κ1) is 11.7. The lowest BCUT2D eigenvalue weighted by atomic mass is 10.2. The molecule has 1 heterocycles. The molecule has 0 atom stereocenters. The highest BCUT2D eigenvalue weighted by Gasteiger charge is 2.08. The van der Waals surface area contributed by atoms with Crippen LogP contribution in [0.5, 0.6) is 0 Å². The predicted octanol–water partition coefficient (Wildman–Crippen LogP) is 2.75. The Morgan fingerprint density at radius 2 is 2.29 bits per heavy atom. The van der Waals surface area contributed by atoms with Crippen molar-refractivity contribution in [3.8, 4) is 0 Å². The van der Waals surface area contributed by atoms with Gasteiger partial charge in [0.1, 0.15) is 0 Å². The number of rotatable bonds is 4. The number of nitrogens with one attached hydrogen (secondary N) is 1. The molecule has 0 radical (unpaired) electrons. The highest BCUT2D eigenvalue weighted by molar-refractivity contribution is 9.10. The van der Waals surface area contributed by atoms with E-state index in [4.69, 9.17) is 9.63 Å². The lowest BCUT2D eigenvalue weighted by molar-refractivity contribution is 0.0696.